The molecule has 75 heavy (non-hydrogen) atoms. The standard InChI is InChI=1S/C26H28Cl2N5O2P.C14H17ClN2O.C12H12Cl2N3OP.2CH4/c1-36(2,35)23-6-4-3-5-21(23)31-24-20(28)16-29-25(32-24)30-17-7-8-22(19(27)13-17)33-11-9-26(10-12-33)14-18(34)15-26;15-12-7-10(16)1-2-13(12)17-5-3-14(4-6-17)8-11(18)9-14;1-19(2,18)10-6-4-3-5-9(10)16-11-8(13)7-15-12(14)17-11;;/h3-8,13,16H,9-12,14-15H2,1-2H3,(H2,29,30,31,32);1-2,7H,3-6,8-9,16H2;3-7H,1-2H3,(H,15,16,17);2*1H4. The molecule has 4 heterocycles. The number of nitrogen functional groups attached to an aromatic ring is 1. The smallest absolute Gasteiger partial charge is 0.229 e. The van der Waals surface area contributed by atoms with E-state index in [9.17, 15) is 18.7 Å². The quantitative estimate of drug-likeness (QED) is 0.0576. The topological polar surface area (TPSA) is 188 Å². The number of piperidine rings is 2. The van der Waals surface area contributed by atoms with Crippen molar-refractivity contribution in [1.82, 2.24) is 19.9 Å². The molecule has 0 bridgehead atoms. The van der Waals surface area contributed by atoms with Gasteiger partial charge in [0.1, 0.15) is 35.9 Å². The zero-order chi connectivity index (χ0) is 52.3. The third-order valence-electron chi connectivity index (χ3n) is 13.7. The van der Waals surface area contributed by atoms with Gasteiger partial charge in [0.2, 0.25) is 11.2 Å². The molecule has 2 aromatic heterocycles. The maximum atomic E-state index is 12.7. The van der Waals surface area contributed by atoms with Gasteiger partial charge in [-0.25, -0.2) is 9.97 Å². The summed E-state index contributed by atoms with van der Waals surface area (Å²) in [5, 5.41) is 13.1. The second kappa shape index (κ2) is 24.6. The Kier molecular flexibility index (Phi) is 19.5. The van der Waals surface area contributed by atoms with Crippen LogP contribution in [0.2, 0.25) is 25.4 Å². The van der Waals surface area contributed by atoms with E-state index in [1.807, 2.05) is 78.9 Å². The number of hydrogen-bond acceptors (Lipinski definition) is 14. The first-order valence-corrected chi connectivity index (χ1v) is 30.9. The van der Waals surface area contributed by atoms with Crippen LogP contribution in [-0.4, -0.2) is 84.3 Å². The van der Waals surface area contributed by atoms with Crippen molar-refractivity contribution in [1.29, 1.82) is 0 Å². The number of anilines is 9. The molecule has 2 spiro atoms. The lowest BCUT2D eigenvalue weighted by atomic mass is 9.62. The van der Waals surface area contributed by atoms with Gasteiger partial charge in [-0.15, -0.1) is 0 Å². The number of nitrogens with one attached hydrogen (secondary N) is 3. The summed E-state index contributed by atoms with van der Waals surface area (Å²) in [5.41, 5.74) is 11.1. The number of Topliss-reactive ketones (excluding diaryl/α,β-unsaturated/α-hetero) is 2. The number of para-hydroxylation sites is 2. The van der Waals surface area contributed by atoms with Crippen molar-refractivity contribution in [3.8, 4) is 0 Å². The molecule has 2 aliphatic carbocycles. The Labute approximate surface area is 466 Å². The molecule has 6 aromatic rings. The van der Waals surface area contributed by atoms with Crippen molar-refractivity contribution in [2.24, 2.45) is 10.8 Å². The lowest BCUT2D eigenvalue weighted by molar-refractivity contribution is -0.134. The average molecular weight is 1160 g/mol. The Morgan fingerprint density at radius 1 is 0.547 bits per heavy atom. The SMILES string of the molecule is C.C.CP(C)(=O)c1ccccc1Nc1nc(Cl)ncc1Cl.CP(C)(=O)c1ccccc1Nc1nc(Nc2ccc(N3CCC4(CC3)CC(=O)C4)c(Cl)c2)ncc1Cl.Nc1ccc(N2CCC3(CC2)CC(=O)C3)c(Cl)c1. The highest BCUT2D eigenvalue weighted by Crippen LogP contribution is 2.49. The molecule has 0 radical (unpaired) electrons. The first-order valence-electron chi connectivity index (χ1n) is 23.8. The Morgan fingerprint density at radius 3 is 1.41 bits per heavy atom. The number of nitrogens with two attached hydrogens (primary N) is 1. The van der Waals surface area contributed by atoms with Gasteiger partial charge in [0.25, 0.3) is 0 Å². The summed E-state index contributed by atoms with van der Waals surface area (Å²) < 4.78 is 25.0. The highest BCUT2D eigenvalue weighted by atomic mass is 35.5. The molecule has 14 nitrogen and oxygen atoms in total. The van der Waals surface area contributed by atoms with Crippen molar-refractivity contribution < 1.29 is 18.7 Å². The number of carbonyl (C=O) groups excluding carboxylic acids is 2. The fourth-order valence-electron chi connectivity index (χ4n) is 9.77. The van der Waals surface area contributed by atoms with E-state index < -0.39 is 14.3 Å². The van der Waals surface area contributed by atoms with Crippen molar-refractivity contribution in [3.05, 3.63) is 123 Å². The van der Waals surface area contributed by atoms with Crippen LogP contribution in [-0.2, 0) is 18.7 Å². The summed E-state index contributed by atoms with van der Waals surface area (Å²) in [7, 11) is -4.91. The van der Waals surface area contributed by atoms with Crippen molar-refractivity contribution in [2.75, 3.05) is 84.3 Å². The predicted molar refractivity (Wildman–Crippen MR) is 317 cm³/mol. The molecular formula is C54H65Cl5N10O4P2. The molecular weight excluding hydrogens is 1090 g/mol. The van der Waals surface area contributed by atoms with E-state index in [1.165, 1.54) is 12.4 Å². The first-order chi connectivity index (χ1) is 34.6. The van der Waals surface area contributed by atoms with Crippen LogP contribution >= 0.6 is 72.3 Å². The molecule has 2 aliphatic heterocycles. The summed E-state index contributed by atoms with van der Waals surface area (Å²) in [6.45, 7) is 10.6. The monoisotopic (exact) mass is 1150 g/mol. The summed E-state index contributed by atoms with van der Waals surface area (Å²) in [5.74, 6) is 1.97. The number of nitrogens with zero attached hydrogens (tertiary/aromatic N) is 6. The highest BCUT2D eigenvalue weighted by Gasteiger charge is 2.46. The summed E-state index contributed by atoms with van der Waals surface area (Å²) in [6.07, 6.45) is 10.2. The van der Waals surface area contributed by atoms with E-state index in [1.54, 1.807) is 32.7 Å². The zero-order valence-electron chi connectivity index (χ0n) is 40.9. The van der Waals surface area contributed by atoms with Gasteiger partial charge in [-0.2, -0.15) is 9.97 Å². The maximum absolute atomic E-state index is 12.7. The minimum absolute atomic E-state index is 0. The molecule has 400 valence electrons. The van der Waals surface area contributed by atoms with E-state index in [2.05, 4.69) is 45.7 Å². The normalized spacial score (nSPS) is 16.4. The molecule has 4 aromatic carbocycles. The molecule has 2 saturated heterocycles. The van der Waals surface area contributed by atoms with E-state index in [4.69, 9.17) is 63.7 Å². The molecule has 0 atom stereocenters. The molecule has 4 aliphatic rings. The van der Waals surface area contributed by atoms with Crippen LogP contribution in [0.25, 0.3) is 0 Å². The van der Waals surface area contributed by atoms with Crippen LogP contribution in [0.5, 0.6) is 0 Å². The van der Waals surface area contributed by atoms with Crippen LogP contribution < -0.4 is 42.1 Å². The van der Waals surface area contributed by atoms with Crippen LogP contribution in [0.1, 0.15) is 66.2 Å². The largest absolute Gasteiger partial charge is 0.399 e. The summed E-state index contributed by atoms with van der Waals surface area (Å²) >= 11 is 31.0. The lowest BCUT2D eigenvalue weighted by Gasteiger charge is -2.47. The highest BCUT2D eigenvalue weighted by molar-refractivity contribution is 7.70. The molecule has 21 heteroatoms. The second-order valence-electron chi connectivity index (χ2n) is 20.0. The lowest BCUT2D eigenvalue weighted by Crippen LogP contribution is -2.47. The van der Waals surface area contributed by atoms with Crippen LogP contribution in [0.4, 0.5) is 51.7 Å². The van der Waals surface area contributed by atoms with Gasteiger partial charge in [0, 0.05) is 73.8 Å². The Balaban J connectivity index is 0.000000198. The third kappa shape index (κ3) is 14.8. The number of aromatic nitrogens is 4. The number of ketones is 2. The first kappa shape index (κ1) is 59.3. The van der Waals surface area contributed by atoms with Gasteiger partial charge < -0.3 is 40.6 Å². The minimum atomic E-state index is -2.50. The summed E-state index contributed by atoms with van der Waals surface area (Å²) in [6, 6.07) is 26.2. The van der Waals surface area contributed by atoms with Gasteiger partial charge in [-0.3, -0.25) is 9.59 Å². The number of hydrogen-bond donors (Lipinski definition) is 4. The molecule has 0 amide bonds. The van der Waals surface area contributed by atoms with E-state index >= 15 is 0 Å². The summed E-state index contributed by atoms with van der Waals surface area (Å²) in [4.78, 5) is 43.9. The van der Waals surface area contributed by atoms with E-state index in [-0.39, 0.29) is 25.6 Å². The van der Waals surface area contributed by atoms with Gasteiger partial charge in [0.05, 0.1) is 45.2 Å². The fourth-order valence-corrected chi connectivity index (χ4v) is 13.1. The van der Waals surface area contributed by atoms with E-state index in [0.717, 1.165) is 110 Å². The third-order valence-corrected chi connectivity index (χ3v) is 18.2. The van der Waals surface area contributed by atoms with Crippen LogP contribution in [0, 0.1) is 10.8 Å². The number of rotatable bonds is 10. The maximum Gasteiger partial charge on any atom is 0.229 e. The molecule has 10 rings (SSSR count). The van der Waals surface area contributed by atoms with Gasteiger partial charge >= 0.3 is 0 Å². The molecule has 2 saturated carbocycles. The van der Waals surface area contributed by atoms with E-state index in [0.29, 0.717) is 66.7 Å². The van der Waals surface area contributed by atoms with Crippen molar-refractivity contribution >= 4 is 146 Å². The Morgan fingerprint density at radius 2 is 0.973 bits per heavy atom. The molecule has 5 N–H and O–H groups in total. The van der Waals surface area contributed by atoms with Crippen molar-refractivity contribution in [2.45, 2.75) is 66.2 Å². The van der Waals surface area contributed by atoms with Crippen molar-refractivity contribution in [3.63, 3.8) is 0 Å². The van der Waals surface area contributed by atoms with Gasteiger partial charge in [0.15, 0.2) is 11.6 Å². The van der Waals surface area contributed by atoms with Crippen LogP contribution in [0.3, 0.4) is 0 Å². The number of halogens is 5. The minimum Gasteiger partial charge on any atom is -0.399 e. The second-order valence-corrected chi connectivity index (χ2v) is 28.3. The number of benzene rings is 4. The average Bonchev–Trinajstić information content (AvgIpc) is 3.31. The predicted octanol–water partition coefficient (Wildman–Crippen LogP) is 14.4. The fraction of sp³-hybridized carbons (Fsp3) is 0.370. The number of carbonyl (C=O) groups is 2. The van der Waals surface area contributed by atoms with Gasteiger partial charge in [-0.05, 0) is 135 Å². The van der Waals surface area contributed by atoms with Crippen LogP contribution in [0.15, 0.2) is 97.3 Å². The zero-order valence-corrected chi connectivity index (χ0v) is 46.5. The Bertz CT molecular complexity index is 3120. The van der Waals surface area contributed by atoms with Gasteiger partial charge in [-0.1, -0.05) is 85.5 Å². The molecule has 4 fully saturated rings. The molecule has 0 unspecified atom stereocenters. The Hall–Kier alpha value is -4.91.